The normalized spacial score (nSPS) is 22.6. The second-order valence-electron chi connectivity index (χ2n) is 8.39. The first-order valence-corrected chi connectivity index (χ1v) is 11.2. The minimum atomic E-state index is -0.765. The molecule has 2 saturated heterocycles. The van der Waals surface area contributed by atoms with Crippen molar-refractivity contribution in [2.45, 2.75) is 31.0 Å². The number of aliphatic hydroxyl groups is 1. The van der Waals surface area contributed by atoms with Gasteiger partial charge in [0.1, 0.15) is 22.9 Å². The van der Waals surface area contributed by atoms with Gasteiger partial charge in [-0.2, -0.15) is 9.61 Å². The number of ether oxygens (including phenoxy) is 2. The van der Waals surface area contributed by atoms with Gasteiger partial charge in [-0.1, -0.05) is 0 Å². The Kier molecular flexibility index (Phi) is 6.18. The molecule has 12 nitrogen and oxygen atoms in total. The molecule has 3 aromatic rings. The maximum absolute atomic E-state index is 13.1. The number of fused-ring (bicyclic) bond motifs is 1. The zero-order valence-electron chi connectivity index (χ0n) is 18.7. The number of hydrogen-bond acceptors (Lipinski definition) is 9. The number of carbonyl (C=O) groups excluding carboxylic acids is 1. The number of nitrogens with one attached hydrogen (secondary N) is 3. The predicted molar refractivity (Wildman–Crippen MR) is 124 cm³/mol. The minimum absolute atomic E-state index is 0.00801. The largest absolute Gasteiger partial charge is 0.388 e. The Labute approximate surface area is 194 Å². The van der Waals surface area contributed by atoms with E-state index < -0.39 is 18.1 Å². The lowest BCUT2D eigenvalue weighted by Gasteiger charge is -2.24. The van der Waals surface area contributed by atoms with E-state index in [-0.39, 0.29) is 30.4 Å². The van der Waals surface area contributed by atoms with E-state index in [4.69, 9.17) is 9.47 Å². The highest BCUT2D eigenvalue weighted by Crippen LogP contribution is 2.22. The molecular weight excluding hydrogens is 442 g/mol. The summed E-state index contributed by atoms with van der Waals surface area (Å²) in [5.74, 6) is 0.536. The molecule has 5 rings (SSSR count). The Hall–Kier alpha value is -3.48. The van der Waals surface area contributed by atoms with Crippen LogP contribution in [-0.2, 0) is 9.47 Å². The number of nitrogens with zero attached hydrogens (tertiary/aromatic N) is 4. The zero-order chi connectivity index (χ0) is 23.7. The number of amides is 1. The van der Waals surface area contributed by atoms with Gasteiger partial charge < -0.3 is 35.1 Å². The van der Waals surface area contributed by atoms with E-state index in [1.54, 1.807) is 29.9 Å². The number of anilines is 3. The Morgan fingerprint density at radius 3 is 2.88 bits per heavy atom. The molecule has 2 aliphatic heterocycles. The second kappa shape index (κ2) is 9.41. The highest BCUT2D eigenvalue weighted by molar-refractivity contribution is 6.00. The van der Waals surface area contributed by atoms with Crippen LogP contribution in [0.15, 0.2) is 35.4 Å². The first-order chi connectivity index (χ1) is 16.5. The third-order valence-electron chi connectivity index (χ3n) is 6.11. The van der Waals surface area contributed by atoms with Crippen molar-refractivity contribution >= 4 is 28.9 Å². The van der Waals surface area contributed by atoms with Crippen LogP contribution in [0.25, 0.3) is 5.65 Å². The van der Waals surface area contributed by atoms with Crippen LogP contribution in [0.2, 0.25) is 0 Å². The standard InChI is InChI=1S/C22H27N7O5/c1-23-19-8-18(25-15-5-2-6-28(22(15)32)13-4-3-7-33-10-13)27-20-14(9-24-29(19)20)21(31)26-16-11-34-12-17(16)30/h2,5-6,8-9,13,16-17,23,30H,3-4,7,10-12H2,1H3,(H,25,27)(H,26,31)/t13-,16-,17+/m1/s1. The van der Waals surface area contributed by atoms with Crippen molar-refractivity contribution in [1.29, 1.82) is 0 Å². The lowest BCUT2D eigenvalue weighted by Crippen LogP contribution is -2.42. The Morgan fingerprint density at radius 1 is 1.26 bits per heavy atom. The van der Waals surface area contributed by atoms with Gasteiger partial charge >= 0.3 is 0 Å². The Balaban J connectivity index is 1.46. The molecule has 34 heavy (non-hydrogen) atoms. The third kappa shape index (κ3) is 4.22. The highest BCUT2D eigenvalue weighted by Gasteiger charge is 2.29. The molecule has 0 bridgehead atoms. The van der Waals surface area contributed by atoms with E-state index >= 15 is 0 Å². The van der Waals surface area contributed by atoms with Crippen molar-refractivity contribution in [2.75, 3.05) is 44.1 Å². The number of aromatic nitrogens is 4. The fourth-order valence-corrected chi connectivity index (χ4v) is 4.27. The third-order valence-corrected chi connectivity index (χ3v) is 6.11. The van der Waals surface area contributed by atoms with Crippen LogP contribution in [0.4, 0.5) is 17.3 Å². The van der Waals surface area contributed by atoms with E-state index in [0.717, 1.165) is 12.8 Å². The molecular formula is C22H27N7O5. The van der Waals surface area contributed by atoms with E-state index in [0.29, 0.717) is 36.2 Å². The van der Waals surface area contributed by atoms with Crippen LogP contribution in [-0.4, -0.2) is 75.8 Å². The molecule has 0 saturated carbocycles. The van der Waals surface area contributed by atoms with Gasteiger partial charge in [0.05, 0.1) is 44.2 Å². The average Bonchev–Trinajstić information content (AvgIpc) is 3.46. The summed E-state index contributed by atoms with van der Waals surface area (Å²) in [6, 6.07) is 4.70. The first-order valence-electron chi connectivity index (χ1n) is 11.2. The number of pyridine rings is 1. The topological polar surface area (TPSA) is 144 Å². The summed E-state index contributed by atoms with van der Waals surface area (Å²) in [4.78, 5) is 30.6. The molecule has 0 unspecified atom stereocenters. The Bertz CT molecular complexity index is 1250. The van der Waals surface area contributed by atoms with Gasteiger partial charge in [-0.15, -0.1) is 0 Å². The molecule has 1 amide bonds. The maximum atomic E-state index is 13.1. The Morgan fingerprint density at radius 2 is 2.15 bits per heavy atom. The summed E-state index contributed by atoms with van der Waals surface area (Å²) in [5, 5.41) is 23.1. The molecule has 2 aliphatic rings. The lowest BCUT2D eigenvalue weighted by molar-refractivity contribution is 0.0581. The van der Waals surface area contributed by atoms with Crippen molar-refractivity contribution < 1.29 is 19.4 Å². The molecule has 12 heteroatoms. The second-order valence-corrected chi connectivity index (χ2v) is 8.39. The van der Waals surface area contributed by atoms with E-state index in [1.807, 2.05) is 6.07 Å². The monoisotopic (exact) mass is 469 g/mol. The van der Waals surface area contributed by atoms with Gasteiger partial charge in [0.25, 0.3) is 11.5 Å². The zero-order valence-corrected chi connectivity index (χ0v) is 18.7. The average molecular weight is 470 g/mol. The van der Waals surface area contributed by atoms with Crippen molar-refractivity contribution in [3.63, 3.8) is 0 Å². The summed E-state index contributed by atoms with van der Waals surface area (Å²) >= 11 is 0. The molecule has 3 atom stereocenters. The fraction of sp³-hybridized carbons (Fsp3) is 0.455. The molecule has 0 aromatic carbocycles. The molecule has 4 N–H and O–H groups in total. The quantitative estimate of drug-likeness (QED) is 0.406. The van der Waals surface area contributed by atoms with Crippen molar-refractivity contribution in [2.24, 2.45) is 0 Å². The number of aliphatic hydroxyl groups excluding tert-OH is 1. The summed E-state index contributed by atoms with van der Waals surface area (Å²) < 4.78 is 13.9. The van der Waals surface area contributed by atoms with E-state index in [2.05, 4.69) is 26.0 Å². The minimum Gasteiger partial charge on any atom is -0.388 e. The van der Waals surface area contributed by atoms with Crippen LogP contribution in [0.3, 0.4) is 0 Å². The van der Waals surface area contributed by atoms with Crippen LogP contribution >= 0.6 is 0 Å². The molecule has 2 fully saturated rings. The van der Waals surface area contributed by atoms with Gasteiger partial charge in [0.2, 0.25) is 0 Å². The summed E-state index contributed by atoms with van der Waals surface area (Å²) in [7, 11) is 1.73. The molecule has 0 spiro atoms. The molecule has 5 heterocycles. The van der Waals surface area contributed by atoms with E-state index in [9.17, 15) is 14.7 Å². The van der Waals surface area contributed by atoms with Crippen LogP contribution in [0.1, 0.15) is 29.2 Å². The van der Waals surface area contributed by atoms with Crippen LogP contribution in [0.5, 0.6) is 0 Å². The van der Waals surface area contributed by atoms with Gasteiger partial charge in [0.15, 0.2) is 5.65 Å². The van der Waals surface area contributed by atoms with Crippen molar-refractivity contribution in [3.8, 4) is 0 Å². The fourth-order valence-electron chi connectivity index (χ4n) is 4.27. The van der Waals surface area contributed by atoms with Crippen molar-refractivity contribution in [3.05, 3.63) is 46.5 Å². The number of rotatable bonds is 6. The first kappa shape index (κ1) is 22.3. The maximum Gasteiger partial charge on any atom is 0.274 e. The van der Waals surface area contributed by atoms with Gasteiger partial charge in [-0.3, -0.25) is 9.59 Å². The lowest BCUT2D eigenvalue weighted by atomic mass is 10.1. The summed E-state index contributed by atoms with van der Waals surface area (Å²) in [6.45, 7) is 1.64. The molecule has 0 aliphatic carbocycles. The smallest absolute Gasteiger partial charge is 0.274 e. The molecule has 180 valence electrons. The number of hydrogen-bond donors (Lipinski definition) is 4. The summed E-state index contributed by atoms with van der Waals surface area (Å²) in [5.41, 5.74) is 0.734. The van der Waals surface area contributed by atoms with Gasteiger partial charge in [-0.25, -0.2) is 4.98 Å². The predicted octanol–water partition coefficient (Wildman–Crippen LogP) is 0.517. The van der Waals surface area contributed by atoms with E-state index in [1.165, 1.54) is 10.7 Å². The number of carbonyl (C=O) groups is 1. The van der Waals surface area contributed by atoms with Gasteiger partial charge in [0, 0.05) is 25.9 Å². The van der Waals surface area contributed by atoms with Gasteiger partial charge in [-0.05, 0) is 25.0 Å². The van der Waals surface area contributed by atoms with Crippen molar-refractivity contribution in [1.82, 2.24) is 24.5 Å². The van der Waals surface area contributed by atoms with Crippen LogP contribution in [0, 0.1) is 0 Å². The molecule has 3 aromatic heterocycles. The molecule has 0 radical (unpaired) electrons. The SMILES string of the molecule is CNc1cc(Nc2cccn([C@@H]3CCCOC3)c2=O)nc2c(C(=O)N[C@@H]3COC[C@@H]3O)cnn12. The highest BCUT2D eigenvalue weighted by atomic mass is 16.5. The summed E-state index contributed by atoms with van der Waals surface area (Å²) in [6.07, 6.45) is 4.21. The van der Waals surface area contributed by atoms with Crippen LogP contribution < -0.4 is 21.5 Å².